The van der Waals surface area contributed by atoms with E-state index >= 15 is 0 Å². The summed E-state index contributed by atoms with van der Waals surface area (Å²) in [4.78, 5) is 3.62. The van der Waals surface area contributed by atoms with Crippen molar-refractivity contribution in [2.75, 3.05) is 12.4 Å². The van der Waals surface area contributed by atoms with E-state index in [0.29, 0.717) is 0 Å². The molecule has 31 heavy (non-hydrogen) atoms. The van der Waals surface area contributed by atoms with E-state index in [0.717, 1.165) is 0 Å². The predicted molar refractivity (Wildman–Crippen MR) is 138 cm³/mol. The minimum atomic E-state index is 1.18. The van der Waals surface area contributed by atoms with Crippen LogP contribution in [0.2, 0.25) is 0 Å². The van der Waals surface area contributed by atoms with Gasteiger partial charge in [-0.1, -0.05) is 48.5 Å². The van der Waals surface area contributed by atoms with E-state index in [4.69, 9.17) is 0 Å². The maximum Gasteiger partial charge on any atom is 0.0525 e. The average molecular weight is 417 g/mol. The highest BCUT2D eigenvalue weighted by atomic mass is 32.1. The number of anilines is 1. The highest BCUT2D eigenvalue weighted by Crippen LogP contribution is 2.45. The molecule has 2 N–H and O–H groups in total. The summed E-state index contributed by atoms with van der Waals surface area (Å²) in [6.45, 7) is 2.29. The lowest BCUT2D eigenvalue weighted by molar-refractivity contribution is 1.54. The maximum absolute atomic E-state index is 3.62. The molecule has 0 saturated carbocycles. The van der Waals surface area contributed by atoms with Gasteiger partial charge in [-0.3, -0.25) is 0 Å². The minimum Gasteiger partial charge on any atom is -0.387 e. The zero-order chi connectivity index (χ0) is 20.7. The van der Waals surface area contributed by atoms with Crippen LogP contribution in [0.3, 0.4) is 0 Å². The smallest absolute Gasteiger partial charge is 0.0525 e. The third-order valence-corrected chi connectivity index (χ3v) is 8.01. The van der Waals surface area contributed by atoms with Gasteiger partial charge in [0.2, 0.25) is 0 Å². The van der Waals surface area contributed by atoms with Crippen LogP contribution in [-0.4, -0.2) is 12.0 Å². The van der Waals surface area contributed by atoms with Gasteiger partial charge in [-0.25, -0.2) is 0 Å². The molecule has 0 amide bonds. The molecule has 0 bridgehead atoms. The summed E-state index contributed by atoms with van der Waals surface area (Å²) in [5, 5.41) is 14.1. The Bertz CT molecular complexity index is 1840. The molecule has 2 nitrogen and oxygen atoms in total. The van der Waals surface area contributed by atoms with Crippen molar-refractivity contribution in [3.05, 3.63) is 78.4 Å². The fourth-order valence-corrected chi connectivity index (χ4v) is 6.56. The first-order valence-electron chi connectivity index (χ1n) is 10.6. The van der Waals surface area contributed by atoms with E-state index in [1.54, 1.807) is 0 Å². The van der Waals surface area contributed by atoms with Crippen LogP contribution in [0.4, 0.5) is 5.69 Å². The molecular weight excluding hydrogens is 396 g/mol. The second-order valence-corrected chi connectivity index (χ2v) is 9.39. The molecule has 2 aromatic heterocycles. The van der Waals surface area contributed by atoms with Crippen LogP contribution in [0, 0.1) is 6.92 Å². The lowest BCUT2D eigenvalue weighted by atomic mass is 9.93. The molecule has 0 aliphatic rings. The molecule has 0 radical (unpaired) electrons. The van der Waals surface area contributed by atoms with Crippen molar-refractivity contribution < 1.29 is 0 Å². The fraction of sp³-hybridized carbons (Fsp3) is 0.0714. The van der Waals surface area contributed by atoms with E-state index < -0.39 is 0 Å². The topological polar surface area (TPSA) is 27.8 Å². The molecule has 0 saturated heterocycles. The Balaban J connectivity index is 1.75. The van der Waals surface area contributed by atoms with Gasteiger partial charge in [0.15, 0.2) is 0 Å². The first-order valence-corrected chi connectivity index (χ1v) is 11.4. The van der Waals surface area contributed by atoms with Gasteiger partial charge in [-0.05, 0) is 52.9 Å². The van der Waals surface area contributed by atoms with Gasteiger partial charge < -0.3 is 10.3 Å². The van der Waals surface area contributed by atoms with Gasteiger partial charge in [0.1, 0.15) is 0 Å². The second kappa shape index (κ2) is 5.99. The zero-order valence-electron chi connectivity index (χ0n) is 17.3. The van der Waals surface area contributed by atoms with Crippen molar-refractivity contribution >= 4 is 80.5 Å². The van der Waals surface area contributed by atoms with Gasteiger partial charge in [0.25, 0.3) is 0 Å². The standard InChI is InChI=1S/C28H20N2S/c1-15-24-16(13-20-18-7-4-6-10-23(18)31-28(15)20)11-12-17-14-22-26(27(29-2)25(17)24)19-8-3-5-9-21(19)30-22/h3-14,29-30H,1-2H3. The summed E-state index contributed by atoms with van der Waals surface area (Å²) in [6.07, 6.45) is 0. The molecule has 0 atom stereocenters. The number of hydrogen-bond donors (Lipinski definition) is 2. The molecule has 0 aliphatic heterocycles. The monoisotopic (exact) mass is 416 g/mol. The normalized spacial score (nSPS) is 12.2. The molecular formula is C28H20N2S. The van der Waals surface area contributed by atoms with E-state index in [9.17, 15) is 0 Å². The van der Waals surface area contributed by atoms with E-state index in [1.807, 2.05) is 18.4 Å². The largest absolute Gasteiger partial charge is 0.387 e. The molecule has 0 spiro atoms. The van der Waals surface area contributed by atoms with Crippen molar-refractivity contribution in [2.45, 2.75) is 6.92 Å². The Morgan fingerprint density at radius 2 is 1.45 bits per heavy atom. The number of thiophene rings is 1. The number of benzene rings is 5. The summed E-state index contributed by atoms with van der Waals surface area (Å²) >= 11 is 1.91. The summed E-state index contributed by atoms with van der Waals surface area (Å²) in [5.74, 6) is 0. The Hall–Kier alpha value is -3.56. The first kappa shape index (κ1) is 17.2. The second-order valence-electron chi connectivity index (χ2n) is 8.33. The van der Waals surface area contributed by atoms with Crippen molar-refractivity contribution in [3.8, 4) is 0 Å². The number of para-hydroxylation sites is 1. The van der Waals surface area contributed by atoms with Gasteiger partial charge in [-0.15, -0.1) is 11.3 Å². The summed E-state index contributed by atoms with van der Waals surface area (Å²) in [5.41, 5.74) is 4.93. The molecule has 7 rings (SSSR count). The highest BCUT2D eigenvalue weighted by Gasteiger charge is 2.17. The third kappa shape index (κ3) is 2.16. The zero-order valence-corrected chi connectivity index (χ0v) is 18.2. The van der Waals surface area contributed by atoms with Crippen molar-refractivity contribution in [1.29, 1.82) is 0 Å². The van der Waals surface area contributed by atoms with Crippen LogP contribution in [0.1, 0.15) is 5.56 Å². The number of rotatable bonds is 1. The Morgan fingerprint density at radius 3 is 2.29 bits per heavy atom. The van der Waals surface area contributed by atoms with Crippen molar-refractivity contribution in [3.63, 3.8) is 0 Å². The fourth-order valence-electron chi connectivity index (χ4n) is 5.38. The highest BCUT2D eigenvalue weighted by molar-refractivity contribution is 7.26. The minimum absolute atomic E-state index is 1.18. The quantitative estimate of drug-likeness (QED) is 0.259. The predicted octanol–water partition coefficient (Wildman–Crippen LogP) is 8.35. The van der Waals surface area contributed by atoms with Crippen LogP contribution < -0.4 is 5.32 Å². The van der Waals surface area contributed by atoms with E-state index in [2.05, 4.69) is 90.0 Å². The van der Waals surface area contributed by atoms with Gasteiger partial charge in [-0.2, -0.15) is 0 Å². The van der Waals surface area contributed by atoms with Crippen LogP contribution in [-0.2, 0) is 0 Å². The van der Waals surface area contributed by atoms with Crippen LogP contribution in [0.5, 0.6) is 0 Å². The molecule has 5 aromatic carbocycles. The number of fused-ring (bicyclic) bond motifs is 9. The third-order valence-electron chi connectivity index (χ3n) is 6.70. The summed E-state index contributed by atoms with van der Waals surface area (Å²) in [7, 11) is 2.04. The molecule has 2 heterocycles. The number of aromatic nitrogens is 1. The van der Waals surface area contributed by atoms with E-state index in [1.165, 1.54) is 74.8 Å². The molecule has 7 aromatic rings. The van der Waals surface area contributed by atoms with Gasteiger partial charge >= 0.3 is 0 Å². The molecule has 3 heteroatoms. The average Bonchev–Trinajstić information content (AvgIpc) is 3.36. The van der Waals surface area contributed by atoms with Gasteiger partial charge in [0, 0.05) is 54.4 Å². The van der Waals surface area contributed by atoms with Crippen LogP contribution in [0.15, 0.2) is 72.8 Å². The van der Waals surface area contributed by atoms with Crippen molar-refractivity contribution in [2.24, 2.45) is 0 Å². The van der Waals surface area contributed by atoms with Crippen LogP contribution in [0.25, 0.3) is 63.5 Å². The Labute approximate surface area is 183 Å². The van der Waals surface area contributed by atoms with Crippen LogP contribution >= 0.6 is 11.3 Å². The summed E-state index contributed by atoms with van der Waals surface area (Å²) < 4.78 is 2.75. The molecule has 148 valence electrons. The lowest BCUT2D eigenvalue weighted by Crippen LogP contribution is -1.93. The molecule has 0 unspecified atom stereocenters. The number of aryl methyl sites for hydroxylation is 1. The van der Waals surface area contributed by atoms with Gasteiger partial charge in [0.05, 0.1) is 5.69 Å². The van der Waals surface area contributed by atoms with Crippen molar-refractivity contribution in [1.82, 2.24) is 4.98 Å². The molecule has 0 fully saturated rings. The lowest BCUT2D eigenvalue weighted by Gasteiger charge is -2.14. The molecule has 0 aliphatic carbocycles. The number of hydrogen-bond acceptors (Lipinski definition) is 2. The number of nitrogens with one attached hydrogen (secondary N) is 2. The Kier molecular flexibility index (Phi) is 3.32. The number of aromatic amines is 1. The Morgan fingerprint density at radius 1 is 0.710 bits per heavy atom. The number of H-pyrrole nitrogens is 1. The maximum atomic E-state index is 3.62. The summed E-state index contributed by atoms with van der Waals surface area (Å²) in [6, 6.07) is 26.6. The SMILES string of the molecule is CNc1c2c(cc3ccc4cc5c(sc6ccccc65)c(C)c4c13)[nH]c1ccccc12. The first-order chi connectivity index (χ1) is 15.2. The van der Waals surface area contributed by atoms with E-state index in [-0.39, 0.29) is 0 Å².